The molecule has 9 nitrogen and oxygen atoms in total. The van der Waals surface area contributed by atoms with Crippen LogP contribution in [0.3, 0.4) is 0 Å². The standard InChI is InChI=1S/C25H22F7N5O2.C4H10N2/c1-36(14-15-10-16(24(27,28)29)12-17(11-15)25(30,31)32)22(38)20-13-34-23(37-8-6-33-7-9-37)35-21(20)39-19-4-2-18(26)3-5-19;1-2-6-4-3-5-1/h2-5,10-13,33H,6-9,14H2,1H3;5-6H,1-4H2. The molecule has 2 saturated heterocycles. The summed E-state index contributed by atoms with van der Waals surface area (Å²) in [7, 11) is 1.21. The van der Waals surface area contributed by atoms with E-state index in [2.05, 4.69) is 25.9 Å². The highest BCUT2D eigenvalue weighted by Crippen LogP contribution is 2.37. The van der Waals surface area contributed by atoms with Crippen molar-refractivity contribution in [2.24, 2.45) is 0 Å². The summed E-state index contributed by atoms with van der Waals surface area (Å²) in [5.74, 6) is -1.15. The van der Waals surface area contributed by atoms with E-state index in [4.69, 9.17) is 4.74 Å². The van der Waals surface area contributed by atoms with Crippen LogP contribution >= 0.6 is 0 Å². The summed E-state index contributed by atoms with van der Waals surface area (Å²) in [5.41, 5.74) is -3.55. The van der Waals surface area contributed by atoms with Gasteiger partial charge >= 0.3 is 12.4 Å². The van der Waals surface area contributed by atoms with E-state index in [1.54, 1.807) is 0 Å². The molecule has 0 spiro atoms. The van der Waals surface area contributed by atoms with Gasteiger partial charge in [0, 0.05) is 72.1 Å². The van der Waals surface area contributed by atoms with Crippen LogP contribution < -0.4 is 25.6 Å². The van der Waals surface area contributed by atoms with Crippen LogP contribution in [-0.2, 0) is 18.9 Å². The molecule has 244 valence electrons. The fourth-order valence-electron chi connectivity index (χ4n) is 4.48. The second-order valence-corrected chi connectivity index (χ2v) is 10.3. The molecular weight excluding hydrogens is 611 g/mol. The summed E-state index contributed by atoms with van der Waals surface area (Å²) >= 11 is 0. The molecule has 2 fully saturated rings. The average Bonchev–Trinajstić information content (AvgIpc) is 3.02. The zero-order valence-corrected chi connectivity index (χ0v) is 24.2. The monoisotopic (exact) mass is 643 g/mol. The molecule has 0 atom stereocenters. The molecule has 0 bridgehead atoms. The van der Waals surface area contributed by atoms with Gasteiger partial charge in [-0.3, -0.25) is 4.79 Å². The van der Waals surface area contributed by atoms with Gasteiger partial charge in [0.25, 0.3) is 5.91 Å². The average molecular weight is 644 g/mol. The Hall–Kier alpha value is -4.02. The van der Waals surface area contributed by atoms with Gasteiger partial charge in [0.15, 0.2) is 0 Å². The smallest absolute Gasteiger partial charge is 0.416 e. The van der Waals surface area contributed by atoms with Gasteiger partial charge in [-0.2, -0.15) is 31.3 Å². The number of carbonyl (C=O) groups excluding carboxylic acids is 1. The van der Waals surface area contributed by atoms with E-state index in [9.17, 15) is 35.5 Å². The summed E-state index contributed by atoms with van der Waals surface area (Å²) in [4.78, 5) is 24.6. The van der Waals surface area contributed by atoms with Crippen molar-refractivity contribution in [3.05, 3.63) is 76.7 Å². The van der Waals surface area contributed by atoms with Crippen LogP contribution in [0.1, 0.15) is 27.0 Å². The second-order valence-electron chi connectivity index (χ2n) is 10.3. The quantitative estimate of drug-likeness (QED) is 0.343. The summed E-state index contributed by atoms with van der Waals surface area (Å²) in [6.07, 6.45) is -8.87. The highest BCUT2D eigenvalue weighted by molar-refractivity contribution is 5.96. The van der Waals surface area contributed by atoms with Gasteiger partial charge < -0.3 is 30.5 Å². The first-order chi connectivity index (χ1) is 21.3. The molecule has 2 aliphatic rings. The number of hydrogen-bond acceptors (Lipinski definition) is 8. The van der Waals surface area contributed by atoms with Crippen molar-refractivity contribution in [1.29, 1.82) is 0 Å². The maximum Gasteiger partial charge on any atom is 0.416 e. The Morgan fingerprint density at radius 3 is 1.91 bits per heavy atom. The van der Waals surface area contributed by atoms with Crippen molar-refractivity contribution < 1.29 is 40.3 Å². The van der Waals surface area contributed by atoms with Crippen molar-refractivity contribution in [2.45, 2.75) is 18.9 Å². The Labute approximate surface area is 254 Å². The third-order valence-electron chi connectivity index (χ3n) is 6.77. The zero-order valence-electron chi connectivity index (χ0n) is 24.2. The summed E-state index contributed by atoms with van der Waals surface area (Å²) in [6, 6.07) is 6.00. The largest absolute Gasteiger partial charge is 0.438 e. The van der Waals surface area contributed by atoms with Gasteiger partial charge in [-0.05, 0) is 48.0 Å². The Morgan fingerprint density at radius 2 is 1.40 bits per heavy atom. The highest BCUT2D eigenvalue weighted by atomic mass is 19.4. The number of anilines is 1. The fourth-order valence-corrected chi connectivity index (χ4v) is 4.48. The molecule has 5 rings (SSSR count). The van der Waals surface area contributed by atoms with Gasteiger partial charge in [0.05, 0.1) is 11.1 Å². The molecule has 3 N–H and O–H groups in total. The molecule has 0 radical (unpaired) electrons. The van der Waals surface area contributed by atoms with Crippen LogP contribution in [-0.4, -0.2) is 80.2 Å². The second kappa shape index (κ2) is 14.8. The van der Waals surface area contributed by atoms with Gasteiger partial charge in [0.1, 0.15) is 17.1 Å². The topological polar surface area (TPSA) is 94.7 Å². The molecule has 1 amide bonds. The number of piperazine rings is 2. The molecule has 1 aromatic heterocycles. The SMILES string of the molecule is C1CNCCN1.CN(Cc1cc(C(F)(F)F)cc(C(F)(F)F)c1)C(=O)c1cnc(N2CCNCC2)nc1Oc1ccc(F)cc1. The first kappa shape index (κ1) is 33.9. The van der Waals surface area contributed by atoms with Crippen molar-refractivity contribution in [3.8, 4) is 11.6 Å². The predicted molar refractivity (Wildman–Crippen MR) is 152 cm³/mol. The highest BCUT2D eigenvalue weighted by Gasteiger charge is 2.37. The van der Waals surface area contributed by atoms with Crippen LogP contribution in [0, 0.1) is 5.82 Å². The number of rotatable bonds is 6. The summed E-state index contributed by atoms with van der Waals surface area (Å²) in [6.45, 7) is 6.44. The lowest BCUT2D eigenvalue weighted by Crippen LogP contribution is -2.44. The van der Waals surface area contributed by atoms with E-state index in [0.717, 1.165) is 43.2 Å². The lowest BCUT2D eigenvalue weighted by atomic mass is 10.0. The van der Waals surface area contributed by atoms with Crippen molar-refractivity contribution in [1.82, 2.24) is 30.8 Å². The Morgan fingerprint density at radius 1 is 0.867 bits per heavy atom. The van der Waals surface area contributed by atoms with Gasteiger partial charge in [-0.1, -0.05) is 0 Å². The maximum absolute atomic E-state index is 13.4. The molecule has 3 heterocycles. The van der Waals surface area contributed by atoms with Crippen LogP contribution in [0.15, 0.2) is 48.7 Å². The molecule has 16 heteroatoms. The van der Waals surface area contributed by atoms with E-state index in [1.807, 2.05) is 4.90 Å². The molecule has 0 saturated carbocycles. The molecular formula is C29H32F7N7O2. The minimum absolute atomic E-state index is 0.0165. The van der Waals surface area contributed by atoms with Crippen molar-refractivity contribution in [2.75, 3.05) is 64.3 Å². The summed E-state index contributed by atoms with van der Waals surface area (Å²) < 4.78 is 98.7. The fraction of sp³-hybridized carbons (Fsp3) is 0.414. The van der Waals surface area contributed by atoms with Crippen LogP contribution in [0.25, 0.3) is 0 Å². The van der Waals surface area contributed by atoms with E-state index >= 15 is 0 Å². The van der Waals surface area contributed by atoms with E-state index in [-0.39, 0.29) is 34.8 Å². The number of alkyl halides is 6. The first-order valence-electron chi connectivity index (χ1n) is 14.0. The first-order valence-corrected chi connectivity index (χ1v) is 14.0. The minimum Gasteiger partial charge on any atom is -0.438 e. The number of nitrogens with zero attached hydrogens (tertiary/aromatic N) is 4. The number of halogens is 7. The lowest BCUT2D eigenvalue weighted by molar-refractivity contribution is -0.143. The van der Waals surface area contributed by atoms with Crippen LogP contribution in [0.4, 0.5) is 36.7 Å². The molecule has 2 aromatic carbocycles. The molecule has 2 aliphatic heterocycles. The maximum atomic E-state index is 13.4. The Bertz CT molecular complexity index is 1380. The Balaban J connectivity index is 0.000000687. The third-order valence-corrected chi connectivity index (χ3v) is 6.77. The number of aromatic nitrogens is 2. The lowest BCUT2D eigenvalue weighted by Gasteiger charge is -2.28. The minimum atomic E-state index is -5.03. The number of hydrogen-bond donors (Lipinski definition) is 3. The van der Waals surface area contributed by atoms with Gasteiger partial charge in [0.2, 0.25) is 11.8 Å². The van der Waals surface area contributed by atoms with Gasteiger partial charge in [-0.15, -0.1) is 0 Å². The van der Waals surface area contributed by atoms with E-state index in [1.165, 1.54) is 25.4 Å². The number of carbonyl (C=O) groups is 1. The Kier molecular flexibility index (Phi) is 11.2. The van der Waals surface area contributed by atoms with E-state index < -0.39 is 41.7 Å². The molecule has 3 aromatic rings. The zero-order chi connectivity index (χ0) is 32.6. The van der Waals surface area contributed by atoms with Crippen LogP contribution in [0.5, 0.6) is 11.6 Å². The summed E-state index contributed by atoms with van der Waals surface area (Å²) in [5, 5.41) is 9.62. The van der Waals surface area contributed by atoms with Crippen molar-refractivity contribution >= 4 is 11.9 Å². The third kappa shape index (κ3) is 9.73. The molecule has 0 unspecified atom stereocenters. The van der Waals surface area contributed by atoms with E-state index in [0.29, 0.717) is 38.3 Å². The van der Waals surface area contributed by atoms with Gasteiger partial charge in [-0.25, -0.2) is 9.37 Å². The normalized spacial score (nSPS) is 15.6. The molecule has 45 heavy (non-hydrogen) atoms. The van der Waals surface area contributed by atoms with Crippen molar-refractivity contribution in [3.63, 3.8) is 0 Å². The number of ether oxygens (including phenoxy) is 1. The van der Waals surface area contributed by atoms with Crippen LogP contribution in [0.2, 0.25) is 0 Å². The predicted octanol–water partition coefficient (Wildman–Crippen LogP) is 4.31. The molecule has 0 aliphatic carbocycles. The number of amides is 1. The number of nitrogens with one attached hydrogen (secondary N) is 3. The number of benzene rings is 2.